The van der Waals surface area contributed by atoms with Crippen LogP contribution in [0.2, 0.25) is 0 Å². The number of hydrogen-bond donors (Lipinski definition) is 5. The van der Waals surface area contributed by atoms with E-state index < -0.39 is 12.0 Å². The topological polar surface area (TPSA) is 138 Å². The molecule has 2 aromatic rings. The molecule has 2 rings (SSSR count). The van der Waals surface area contributed by atoms with Crippen molar-refractivity contribution in [2.45, 2.75) is 6.04 Å². The van der Waals surface area contributed by atoms with E-state index >= 15 is 0 Å². The summed E-state index contributed by atoms with van der Waals surface area (Å²) < 4.78 is 11.4. The number of benzene rings is 2. The lowest BCUT2D eigenvalue weighted by Crippen LogP contribution is -2.22. The fourth-order valence-electron chi connectivity index (χ4n) is 2.44. The van der Waals surface area contributed by atoms with Gasteiger partial charge in [0.2, 0.25) is 0 Å². The molecule has 0 fully saturated rings. The van der Waals surface area contributed by atoms with Gasteiger partial charge in [0.15, 0.2) is 17.5 Å². The molecule has 1 atom stereocenters. The van der Waals surface area contributed by atoms with E-state index in [1.807, 2.05) is 0 Å². The van der Waals surface area contributed by atoms with Crippen molar-refractivity contribution < 1.29 is 24.5 Å². The van der Waals surface area contributed by atoms with Crippen LogP contribution in [0.3, 0.4) is 0 Å². The molecule has 28 heavy (non-hydrogen) atoms. The zero-order valence-electron chi connectivity index (χ0n) is 14.9. The fraction of sp³-hybridized carbons (Fsp3) is 0.222. The summed E-state index contributed by atoms with van der Waals surface area (Å²) in [6.45, 7) is -0.235. The number of rotatable bonds is 9. The van der Waals surface area contributed by atoms with Gasteiger partial charge < -0.3 is 30.7 Å². The number of nitrogens with two attached hydrogens (primary N) is 1. The average molecular weight is 475 g/mol. The Balaban J connectivity index is 0.00000392. The second-order valence-electron chi connectivity index (χ2n) is 5.51. The lowest BCUT2D eigenvalue weighted by molar-refractivity contribution is -0.138. The molecule has 0 aliphatic rings. The molecule has 0 saturated heterocycles. The number of anilines is 1. The normalized spacial score (nSPS) is 11.1. The summed E-state index contributed by atoms with van der Waals surface area (Å²) in [6.07, 6.45) is 0. The minimum absolute atomic E-state index is 0. The first kappa shape index (κ1) is 23.5. The molecule has 0 amide bonds. The third-order valence-corrected chi connectivity index (χ3v) is 4.13. The van der Waals surface area contributed by atoms with Crippen molar-refractivity contribution in [2.75, 3.05) is 25.6 Å². The van der Waals surface area contributed by atoms with Crippen molar-refractivity contribution in [3.8, 4) is 11.5 Å². The summed E-state index contributed by atoms with van der Waals surface area (Å²) in [5, 5.41) is 29.2. The molecule has 1 unspecified atom stereocenters. The van der Waals surface area contributed by atoms with Crippen molar-refractivity contribution in [2.24, 2.45) is 5.73 Å². The van der Waals surface area contributed by atoms with Gasteiger partial charge >= 0.3 is 5.97 Å². The van der Waals surface area contributed by atoms with E-state index in [9.17, 15) is 9.90 Å². The number of aliphatic hydroxyl groups is 1. The maximum absolute atomic E-state index is 11.9. The van der Waals surface area contributed by atoms with Gasteiger partial charge in [-0.3, -0.25) is 5.41 Å². The summed E-state index contributed by atoms with van der Waals surface area (Å²) in [5.41, 5.74) is 6.82. The van der Waals surface area contributed by atoms with E-state index in [0.29, 0.717) is 27.0 Å². The van der Waals surface area contributed by atoms with E-state index in [0.717, 1.165) is 0 Å². The Morgan fingerprint density at radius 3 is 2.46 bits per heavy atom. The van der Waals surface area contributed by atoms with Crippen LogP contribution in [0.15, 0.2) is 40.9 Å². The third-order valence-electron chi connectivity index (χ3n) is 3.67. The van der Waals surface area contributed by atoms with Crippen molar-refractivity contribution in [1.29, 1.82) is 5.41 Å². The number of halogens is 2. The Morgan fingerprint density at radius 1 is 1.32 bits per heavy atom. The van der Waals surface area contributed by atoms with E-state index in [2.05, 4.69) is 21.2 Å². The Morgan fingerprint density at radius 2 is 1.96 bits per heavy atom. The van der Waals surface area contributed by atoms with Crippen LogP contribution >= 0.6 is 28.3 Å². The lowest BCUT2D eigenvalue weighted by atomic mass is 10.0. The van der Waals surface area contributed by atoms with E-state index in [1.165, 1.54) is 7.11 Å². The van der Waals surface area contributed by atoms with Crippen LogP contribution in [0.5, 0.6) is 11.5 Å². The highest BCUT2D eigenvalue weighted by atomic mass is 79.9. The predicted octanol–water partition coefficient (Wildman–Crippen LogP) is 2.77. The number of nitrogens with one attached hydrogen (secondary N) is 2. The first-order valence-corrected chi connectivity index (χ1v) is 8.71. The van der Waals surface area contributed by atoms with Crippen LogP contribution in [0.4, 0.5) is 5.69 Å². The number of aliphatic carboxylic acids is 1. The zero-order chi connectivity index (χ0) is 20.0. The molecule has 0 aliphatic carbocycles. The Hall–Kier alpha value is -2.49. The third kappa shape index (κ3) is 5.75. The van der Waals surface area contributed by atoms with Crippen LogP contribution < -0.4 is 20.5 Å². The van der Waals surface area contributed by atoms with Gasteiger partial charge in [0, 0.05) is 21.3 Å². The number of hydrogen-bond acceptors (Lipinski definition) is 6. The van der Waals surface area contributed by atoms with Gasteiger partial charge in [-0.05, 0) is 36.4 Å². The molecular weight excluding hydrogens is 454 g/mol. The predicted molar refractivity (Wildman–Crippen MR) is 112 cm³/mol. The van der Waals surface area contributed by atoms with E-state index in [4.69, 9.17) is 25.7 Å². The van der Waals surface area contributed by atoms with Gasteiger partial charge in [-0.25, -0.2) is 4.79 Å². The first-order chi connectivity index (χ1) is 12.9. The fourth-order valence-corrected chi connectivity index (χ4v) is 2.90. The molecule has 0 spiro atoms. The molecule has 152 valence electrons. The number of carboxylic acid groups (broad SMARTS) is 1. The average Bonchev–Trinajstić information content (AvgIpc) is 2.64. The zero-order valence-corrected chi connectivity index (χ0v) is 17.3. The maximum Gasteiger partial charge on any atom is 0.330 e. The molecule has 0 bridgehead atoms. The number of carboxylic acids is 1. The minimum Gasteiger partial charge on any atom is -0.493 e. The summed E-state index contributed by atoms with van der Waals surface area (Å²) in [4.78, 5) is 11.9. The Kier molecular flexibility index (Phi) is 9.04. The number of methoxy groups -OCH3 is 1. The second kappa shape index (κ2) is 10.7. The molecule has 0 saturated carbocycles. The summed E-state index contributed by atoms with van der Waals surface area (Å²) in [5.74, 6) is -0.629. The molecule has 6 N–H and O–H groups in total. The Bertz CT molecular complexity index is 833. The smallest absolute Gasteiger partial charge is 0.330 e. The highest BCUT2D eigenvalue weighted by Gasteiger charge is 2.27. The maximum atomic E-state index is 11.9. The molecule has 0 aromatic heterocycles. The van der Waals surface area contributed by atoms with Gasteiger partial charge in [-0.15, -0.1) is 12.4 Å². The standard InChI is InChI=1S/C18H20BrN3O5.ClH/c1-26-14-9-11(19)8-13(16(14)27-7-6-23)15(18(24)25)22-12-4-2-10(3-5-12)17(20)21;/h2-5,8-9,15,22-23H,6-7H2,1H3,(H3,20,21)(H,24,25);1H. The molecule has 0 radical (unpaired) electrons. The largest absolute Gasteiger partial charge is 0.493 e. The number of carbonyl (C=O) groups is 1. The molecule has 0 aliphatic heterocycles. The van der Waals surface area contributed by atoms with Gasteiger partial charge in [-0.2, -0.15) is 0 Å². The second-order valence-corrected chi connectivity index (χ2v) is 6.42. The lowest BCUT2D eigenvalue weighted by Gasteiger charge is -2.21. The number of aliphatic hydroxyl groups excluding tert-OH is 1. The van der Waals surface area contributed by atoms with Crippen LogP contribution in [-0.4, -0.2) is 42.3 Å². The monoisotopic (exact) mass is 473 g/mol. The van der Waals surface area contributed by atoms with E-state index in [-0.39, 0.29) is 37.2 Å². The quantitative estimate of drug-likeness (QED) is 0.278. The van der Waals surface area contributed by atoms with Crippen LogP contribution in [0.1, 0.15) is 17.2 Å². The van der Waals surface area contributed by atoms with Crippen molar-refractivity contribution in [3.05, 3.63) is 52.0 Å². The van der Waals surface area contributed by atoms with E-state index in [1.54, 1.807) is 36.4 Å². The van der Waals surface area contributed by atoms with Gasteiger partial charge in [0.1, 0.15) is 12.4 Å². The summed E-state index contributed by atoms with van der Waals surface area (Å²) in [7, 11) is 1.45. The summed E-state index contributed by atoms with van der Waals surface area (Å²) in [6, 6.07) is 8.63. The number of amidine groups is 1. The molecule has 2 aromatic carbocycles. The first-order valence-electron chi connectivity index (χ1n) is 7.92. The number of ether oxygens (including phenoxy) is 2. The van der Waals surface area contributed by atoms with Crippen molar-refractivity contribution in [1.82, 2.24) is 0 Å². The minimum atomic E-state index is -1.15. The van der Waals surface area contributed by atoms with Crippen LogP contribution in [0.25, 0.3) is 0 Å². The highest BCUT2D eigenvalue weighted by Crippen LogP contribution is 2.39. The molecule has 8 nitrogen and oxygen atoms in total. The number of nitrogen functional groups attached to an aromatic ring is 1. The van der Waals surface area contributed by atoms with Gasteiger partial charge in [-0.1, -0.05) is 15.9 Å². The summed E-state index contributed by atoms with van der Waals surface area (Å²) >= 11 is 3.34. The molecule has 10 heteroatoms. The van der Waals surface area contributed by atoms with Crippen LogP contribution in [0, 0.1) is 5.41 Å². The van der Waals surface area contributed by atoms with Crippen molar-refractivity contribution >= 4 is 45.8 Å². The van der Waals surface area contributed by atoms with Gasteiger partial charge in [0.25, 0.3) is 0 Å². The molecule has 0 heterocycles. The van der Waals surface area contributed by atoms with Crippen molar-refractivity contribution in [3.63, 3.8) is 0 Å². The highest BCUT2D eigenvalue weighted by molar-refractivity contribution is 9.10. The van der Waals surface area contributed by atoms with Gasteiger partial charge in [0.05, 0.1) is 13.7 Å². The SMILES string of the molecule is COc1cc(Br)cc(C(Nc2ccc(C(=N)N)cc2)C(=O)O)c1OCCO.Cl. The molecular formula is C18H21BrClN3O5. The Labute approximate surface area is 176 Å². The van der Waals surface area contributed by atoms with Crippen LogP contribution in [-0.2, 0) is 4.79 Å².